The highest BCUT2D eigenvalue weighted by molar-refractivity contribution is 6.13. The minimum Gasteiger partial charge on any atom is -0.471 e. The van der Waals surface area contributed by atoms with Crippen LogP contribution in [0.1, 0.15) is 11.1 Å². The zero-order valence-electron chi connectivity index (χ0n) is 15.8. The van der Waals surface area contributed by atoms with Crippen LogP contribution in [0, 0.1) is 13.8 Å². The predicted octanol–water partition coefficient (Wildman–Crippen LogP) is 4.33. The normalized spacial score (nSPS) is 10.4. The fourth-order valence-corrected chi connectivity index (χ4v) is 2.72. The van der Waals surface area contributed by atoms with Crippen molar-refractivity contribution in [2.75, 3.05) is 10.6 Å². The van der Waals surface area contributed by atoms with Crippen molar-refractivity contribution in [1.29, 1.82) is 0 Å². The number of aryl methyl sites for hydroxylation is 2. The minimum absolute atomic E-state index is 0.436. The molecule has 0 heterocycles. The lowest BCUT2D eigenvalue weighted by molar-refractivity contribution is -0.133. The van der Waals surface area contributed by atoms with E-state index in [4.69, 9.17) is 4.74 Å². The zero-order chi connectivity index (χ0) is 19.9. The van der Waals surface area contributed by atoms with Gasteiger partial charge in [-0.3, -0.25) is 9.59 Å². The molecular formula is C23H22N2O3. The van der Waals surface area contributed by atoms with E-state index >= 15 is 0 Å². The minimum atomic E-state index is -1.34. The maximum absolute atomic E-state index is 12.8. The number of nitrogens with one attached hydrogen (secondary N) is 2. The number of carbonyl (C=O) groups is 2. The van der Waals surface area contributed by atoms with E-state index in [1.54, 1.807) is 36.4 Å². The first-order valence-corrected chi connectivity index (χ1v) is 8.98. The largest absolute Gasteiger partial charge is 0.471 e. The SMILES string of the molecule is Cc1cccc(NC(=O)C(Oc2ccccc2)C(=O)Nc2cccc(C)c2)c1. The quantitative estimate of drug-likeness (QED) is 0.631. The van der Waals surface area contributed by atoms with Crippen molar-refractivity contribution in [3.05, 3.63) is 90.0 Å². The van der Waals surface area contributed by atoms with E-state index in [1.807, 2.05) is 56.3 Å². The van der Waals surface area contributed by atoms with E-state index in [9.17, 15) is 9.59 Å². The van der Waals surface area contributed by atoms with Crippen molar-refractivity contribution in [2.45, 2.75) is 20.0 Å². The van der Waals surface area contributed by atoms with Gasteiger partial charge < -0.3 is 15.4 Å². The lowest BCUT2D eigenvalue weighted by Gasteiger charge is -2.19. The van der Waals surface area contributed by atoms with Gasteiger partial charge in [0.05, 0.1) is 0 Å². The number of carbonyl (C=O) groups excluding carboxylic acids is 2. The van der Waals surface area contributed by atoms with E-state index in [-0.39, 0.29) is 0 Å². The summed E-state index contributed by atoms with van der Waals surface area (Å²) in [5.74, 6) is -0.648. The molecule has 3 rings (SSSR count). The molecular weight excluding hydrogens is 352 g/mol. The standard InChI is InChI=1S/C23H22N2O3/c1-16-8-6-10-18(14-16)24-22(26)21(28-20-12-4-3-5-13-20)23(27)25-19-11-7-9-17(2)15-19/h3-15,21H,1-2H3,(H,24,26)(H,25,27). The highest BCUT2D eigenvalue weighted by Crippen LogP contribution is 2.16. The van der Waals surface area contributed by atoms with Crippen molar-refractivity contribution < 1.29 is 14.3 Å². The Labute approximate surface area is 164 Å². The van der Waals surface area contributed by atoms with Crippen LogP contribution < -0.4 is 15.4 Å². The number of para-hydroxylation sites is 1. The van der Waals surface area contributed by atoms with Gasteiger partial charge in [0.15, 0.2) is 0 Å². The molecule has 0 aliphatic carbocycles. The first kappa shape index (κ1) is 19.2. The summed E-state index contributed by atoms with van der Waals surface area (Å²) in [6.07, 6.45) is -1.34. The maximum atomic E-state index is 12.8. The van der Waals surface area contributed by atoms with E-state index in [1.165, 1.54) is 0 Å². The molecule has 0 saturated heterocycles. The molecule has 0 aliphatic heterocycles. The second-order valence-corrected chi connectivity index (χ2v) is 6.53. The molecule has 2 amide bonds. The Morgan fingerprint density at radius 2 is 1.21 bits per heavy atom. The van der Waals surface area contributed by atoms with Gasteiger partial charge in [0, 0.05) is 11.4 Å². The van der Waals surface area contributed by atoms with Gasteiger partial charge >= 0.3 is 0 Å². The molecule has 0 unspecified atom stereocenters. The molecule has 5 heteroatoms. The van der Waals surface area contributed by atoms with E-state index in [0.29, 0.717) is 17.1 Å². The number of anilines is 2. The fraction of sp³-hybridized carbons (Fsp3) is 0.130. The smallest absolute Gasteiger partial charge is 0.275 e. The van der Waals surface area contributed by atoms with Crippen LogP contribution >= 0.6 is 0 Å². The molecule has 0 saturated carbocycles. The number of benzene rings is 3. The first-order chi connectivity index (χ1) is 13.5. The number of ether oxygens (including phenoxy) is 1. The molecule has 0 aromatic heterocycles. The van der Waals surface area contributed by atoms with Crippen LogP contribution in [0.15, 0.2) is 78.9 Å². The summed E-state index contributed by atoms with van der Waals surface area (Å²) in [4.78, 5) is 25.7. The summed E-state index contributed by atoms with van der Waals surface area (Å²) in [6.45, 7) is 3.86. The zero-order valence-corrected chi connectivity index (χ0v) is 15.8. The average molecular weight is 374 g/mol. The molecule has 28 heavy (non-hydrogen) atoms. The van der Waals surface area contributed by atoms with Gasteiger partial charge in [-0.1, -0.05) is 42.5 Å². The van der Waals surface area contributed by atoms with Gasteiger partial charge in [-0.25, -0.2) is 0 Å². The van der Waals surface area contributed by atoms with Crippen molar-refractivity contribution in [3.8, 4) is 5.75 Å². The van der Waals surface area contributed by atoms with Gasteiger partial charge in [0.1, 0.15) is 5.75 Å². The molecule has 0 spiro atoms. The molecule has 2 N–H and O–H groups in total. The van der Waals surface area contributed by atoms with Gasteiger partial charge in [-0.05, 0) is 61.4 Å². The van der Waals surface area contributed by atoms with Crippen LogP contribution in [-0.4, -0.2) is 17.9 Å². The highest BCUT2D eigenvalue weighted by atomic mass is 16.5. The molecule has 0 atom stereocenters. The van der Waals surface area contributed by atoms with Crippen LogP contribution in [0.2, 0.25) is 0 Å². The Morgan fingerprint density at radius 1 is 0.714 bits per heavy atom. The summed E-state index contributed by atoms with van der Waals surface area (Å²) >= 11 is 0. The van der Waals surface area contributed by atoms with Gasteiger partial charge in [-0.15, -0.1) is 0 Å². The summed E-state index contributed by atoms with van der Waals surface area (Å²) in [5, 5.41) is 5.51. The highest BCUT2D eigenvalue weighted by Gasteiger charge is 2.29. The summed E-state index contributed by atoms with van der Waals surface area (Å²) in [5.41, 5.74) is 3.22. The number of hydrogen-bond acceptors (Lipinski definition) is 3. The Balaban J connectivity index is 1.81. The third-order valence-electron chi connectivity index (χ3n) is 4.04. The Bertz CT molecular complexity index is 911. The van der Waals surface area contributed by atoms with E-state index < -0.39 is 17.9 Å². The van der Waals surface area contributed by atoms with Crippen LogP contribution in [0.25, 0.3) is 0 Å². The third-order valence-corrected chi connectivity index (χ3v) is 4.04. The Hall–Kier alpha value is -3.60. The van der Waals surface area contributed by atoms with Crippen molar-refractivity contribution in [2.24, 2.45) is 0 Å². The van der Waals surface area contributed by atoms with E-state index in [0.717, 1.165) is 11.1 Å². The van der Waals surface area contributed by atoms with Crippen molar-refractivity contribution >= 4 is 23.2 Å². The number of rotatable bonds is 6. The van der Waals surface area contributed by atoms with Crippen LogP contribution in [0.5, 0.6) is 5.75 Å². The monoisotopic (exact) mass is 374 g/mol. The van der Waals surface area contributed by atoms with Crippen LogP contribution in [0.4, 0.5) is 11.4 Å². The Kier molecular flexibility index (Phi) is 6.07. The third kappa shape index (κ3) is 5.20. The summed E-state index contributed by atoms with van der Waals surface area (Å²) < 4.78 is 5.72. The average Bonchev–Trinajstić information content (AvgIpc) is 2.67. The molecule has 3 aromatic carbocycles. The maximum Gasteiger partial charge on any atom is 0.275 e. The second kappa shape index (κ2) is 8.86. The van der Waals surface area contributed by atoms with Gasteiger partial charge in [0.2, 0.25) is 0 Å². The summed E-state index contributed by atoms with van der Waals surface area (Å²) in [7, 11) is 0. The molecule has 0 bridgehead atoms. The summed E-state index contributed by atoms with van der Waals surface area (Å²) in [6, 6.07) is 23.5. The second-order valence-electron chi connectivity index (χ2n) is 6.53. The van der Waals surface area contributed by atoms with Crippen molar-refractivity contribution in [1.82, 2.24) is 0 Å². The fourth-order valence-electron chi connectivity index (χ4n) is 2.72. The number of hydrogen-bond donors (Lipinski definition) is 2. The molecule has 142 valence electrons. The molecule has 0 fully saturated rings. The lowest BCUT2D eigenvalue weighted by Crippen LogP contribution is -2.43. The van der Waals surface area contributed by atoms with Crippen LogP contribution in [-0.2, 0) is 9.59 Å². The van der Waals surface area contributed by atoms with Gasteiger partial charge in [-0.2, -0.15) is 0 Å². The van der Waals surface area contributed by atoms with Gasteiger partial charge in [0.25, 0.3) is 17.9 Å². The topological polar surface area (TPSA) is 67.4 Å². The molecule has 3 aromatic rings. The Morgan fingerprint density at radius 3 is 1.68 bits per heavy atom. The number of amides is 2. The van der Waals surface area contributed by atoms with Crippen molar-refractivity contribution in [3.63, 3.8) is 0 Å². The predicted molar refractivity (Wildman–Crippen MR) is 110 cm³/mol. The molecule has 5 nitrogen and oxygen atoms in total. The van der Waals surface area contributed by atoms with Crippen LogP contribution in [0.3, 0.4) is 0 Å². The van der Waals surface area contributed by atoms with E-state index in [2.05, 4.69) is 10.6 Å². The lowest BCUT2D eigenvalue weighted by atomic mass is 10.2. The molecule has 0 aliphatic rings. The first-order valence-electron chi connectivity index (χ1n) is 8.98. The molecule has 0 radical (unpaired) electrons.